The maximum Gasteiger partial charge on any atom is 0.263 e. The van der Waals surface area contributed by atoms with E-state index in [1.807, 2.05) is 0 Å². The number of rotatable bonds is 4. The molecule has 2 aromatic heterocycles. The van der Waals surface area contributed by atoms with Crippen molar-refractivity contribution in [3.63, 3.8) is 0 Å². The van der Waals surface area contributed by atoms with Gasteiger partial charge in [0.25, 0.3) is 10.0 Å². The van der Waals surface area contributed by atoms with E-state index >= 15 is 0 Å². The molecule has 9 nitrogen and oxygen atoms in total. The molecule has 0 atom stereocenters. The van der Waals surface area contributed by atoms with Gasteiger partial charge in [-0.1, -0.05) is 12.1 Å². The van der Waals surface area contributed by atoms with Gasteiger partial charge >= 0.3 is 0 Å². The van der Waals surface area contributed by atoms with Crippen LogP contribution in [-0.4, -0.2) is 25.2 Å². The van der Waals surface area contributed by atoms with Crippen molar-refractivity contribution in [2.45, 2.75) is 11.4 Å². The van der Waals surface area contributed by atoms with Crippen molar-refractivity contribution in [3.8, 4) is 11.5 Å². The van der Waals surface area contributed by atoms with Crippen molar-refractivity contribution < 1.29 is 12.8 Å². The van der Waals surface area contributed by atoms with Gasteiger partial charge in [-0.15, -0.1) is 11.3 Å². The zero-order valence-corrected chi connectivity index (χ0v) is 15.4. The van der Waals surface area contributed by atoms with Crippen LogP contribution >= 0.6 is 11.3 Å². The molecule has 0 aliphatic carbocycles. The number of furan rings is 1. The van der Waals surface area contributed by atoms with Crippen molar-refractivity contribution in [2.75, 3.05) is 0 Å². The van der Waals surface area contributed by atoms with Crippen molar-refractivity contribution >= 4 is 38.3 Å². The molecule has 0 radical (unpaired) electrons. The molecule has 4 rings (SSSR count). The third-order valence-electron chi connectivity index (χ3n) is 3.69. The number of hydrogen-bond donors (Lipinski definition) is 3. The van der Waals surface area contributed by atoms with Crippen LogP contribution in [-0.2, 0) is 16.6 Å². The SMILES string of the molecule is NC(N)=Nc1nc(-c2ccc(CN=C3NS(=O)(=O)c4ccccc43)o2)cs1. The molecule has 3 heterocycles. The number of thiazole rings is 1. The Hall–Kier alpha value is -3.18. The second-order valence-corrected chi connectivity index (χ2v) is 8.07. The van der Waals surface area contributed by atoms with Gasteiger partial charge in [0.15, 0.2) is 11.7 Å². The number of nitrogens with one attached hydrogen (secondary N) is 1. The van der Waals surface area contributed by atoms with Crippen LogP contribution in [0, 0.1) is 0 Å². The fourth-order valence-corrected chi connectivity index (χ4v) is 4.49. The van der Waals surface area contributed by atoms with Gasteiger partial charge in [0.1, 0.15) is 17.3 Å². The monoisotopic (exact) mass is 402 g/mol. The predicted octanol–water partition coefficient (Wildman–Crippen LogP) is 1.55. The first kappa shape index (κ1) is 17.2. The molecule has 1 aliphatic rings. The fraction of sp³-hybridized carbons (Fsp3) is 0.0625. The molecule has 0 amide bonds. The summed E-state index contributed by atoms with van der Waals surface area (Å²) >= 11 is 1.28. The van der Waals surface area contributed by atoms with Gasteiger partial charge in [-0.3, -0.25) is 9.71 Å². The lowest BCUT2D eigenvalue weighted by Gasteiger charge is -1.97. The number of nitrogens with zero attached hydrogens (tertiary/aromatic N) is 3. The van der Waals surface area contributed by atoms with Crippen LogP contribution in [0.25, 0.3) is 11.5 Å². The summed E-state index contributed by atoms with van der Waals surface area (Å²) < 4.78 is 32.4. The number of aromatic nitrogens is 1. The maximum atomic E-state index is 12.1. The fourth-order valence-electron chi connectivity index (χ4n) is 2.55. The van der Waals surface area contributed by atoms with Crippen molar-refractivity contribution in [2.24, 2.45) is 21.5 Å². The number of fused-ring (bicyclic) bond motifs is 1. The van der Waals surface area contributed by atoms with E-state index in [0.717, 1.165) is 0 Å². The molecule has 3 aromatic rings. The Morgan fingerprint density at radius 3 is 2.85 bits per heavy atom. The molecule has 138 valence electrons. The van der Waals surface area contributed by atoms with Gasteiger partial charge in [-0.25, -0.2) is 13.4 Å². The van der Waals surface area contributed by atoms with Gasteiger partial charge in [-0.05, 0) is 24.3 Å². The van der Waals surface area contributed by atoms with E-state index in [9.17, 15) is 8.42 Å². The van der Waals surface area contributed by atoms with E-state index in [2.05, 4.69) is 19.7 Å². The van der Waals surface area contributed by atoms with E-state index in [-0.39, 0.29) is 17.4 Å². The molecule has 1 aromatic carbocycles. The lowest BCUT2D eigenvalue weighted by Crippen LogP contribution is -2.22. The van der Waals surface area contributed by atoms with Crippen LogP contribution in [0.15, 0.2) is 61.1 Å². The number of hydrogen-bond acceptors (Lipinski definition) is 7. The van der Waals surface area contributed by atoms with Crippen LogP contribution < -0.4 is 16.2 Å². The van der Waals surface area contributed by atoms with E-state index in [1.54, 1.807) is 41.8 Å². The molecule has 27 heavy (non-hydrogen) atoms. The number of nitrogens with two attached hydrogens (primary N) is 2. The van der Waals surface area contributed by atoms with E-state index in [1.165, 1.54) is 11.3 Å². The van der Waals surface area contributed by atoms with E-state index < -0.39 is 10.0 Å². The van der Waals surface area contributed by atoms with Gasteiger partial charge in [0.2, 0.25) is 5.13 Å². The summed E-state index contributed by atoms with van der Waals surface area (Å²) in [5.41, 5.74) is 11.8. The van der Waals surface area contributed by atoms with Crippen molar-refractivity contribution in [1.82, 2.24) is 9.71 Å². The Bertz CT molecular complexity index is 1170. The molecule has 1 aliphatic heterocycles. The summed E-state index contributed by atoms with van der Waals surface area (Å²) in [4.78, 5) is 12.7. The molecule has 11 heteroatoms. The van der Waals surface area contributed by atoms with Crippen LogP contribution in [0.3, 0.4) is 0 Å². The molecule has 0 saturated heterocycles. The zero-order chi connectivity index (χ0) is 19.0. The first-order chi connectivity index (χ1) is 12.9. The zero-order valence-electron chi connectivity index (χ0n) is 13.8. The normalized spacial score (nSPS) is 16.1. The molecule has 0 spiro atoms. The third-order valence-corrected chi connectivity index (χ3v) is 5.82. The highest BCUT2D eigenvalue weighted by Gasteiger charge is 2.30. The quantitative estimate of drug-likeness (QED) is 0.445. The average Bonchev–Trinajstić information content (AvgIpc) is 3.32. The third kappa shape index (κ3) is 3.41. The second-order valence-electron chi connectivity index (χ2n) is 5.58. The average molecular weight is 402 g/mol. The van der Waals surface area contributed by atoms with Crippen molar-refractivity contribution in [1.29, 1.82) is 0 Å². The smallest absolute Gasteiger partial charge is 0.263 e. The van der Waals surface area contributed by atoms with Crippen LogP contribution in [0.2, 0.25) is 0 Å². The summed E-state index contributed by atoms with van der Waals surface area (Å²) in [6.45, 7) is 0.178. The maximum absolute atomic E-state index is 12.1. The molecule has 5 N–H and O–H groups in total. The highest BCUT2D eigenvalue weighted by atomic mass is 32.2. The van der Waals surface area contributed by atoms with Gasteiger partial charge in [0, 0.05) is 10.9 Å². The topological polar surface area (TPSA) is 149 Å². The molecule has 0 fully saturated rings. The first-order valence-corrected chi connectivity index (χ1v) is 10.1. The summed E-state index contributed by atoms with van der Waals surface area (Å²) in [6, 6.07) is 10.2. The molecule has 0 saturated carbocycles. The molecule has 0 bridgehead atoms. The second kappa shape index (κ2) is 6.52. The highest BCUT2D eigenvalue weighted by molar-refractivity contribution is 7.90. The summed E-state index contributed by atoms with van der Waals surface area (Å²) in [5.74, 6) is 1.35. The number of sulfonamides is 1. The largest absolute Gasteiger partial charge is 0.457 e. The number of aliphatic imine (C=N–C) groups is 2. The molecular formula is C16H14N6O3S2. The number of guanidine groups is 1. The van der Waals surface area contributed by atoms with Gasteiger partial charge in [0.05, 0.1) is 11.4 Å². The molecular weight excluding hydrogens is 388 g/mol. The Balaban J connectivity index is 1.55. The van der Waals surface area contributed by atoms with Gasteiger partial charge < -0.3 is 15.9 Å². The summed E-state index contributed by atoms with van der Waals surface area (Å²) in [6.07, 6.45) is 0. The van der Waals surface area contributed by atoms with Crippen molar-refractivity contribution in [3.05, 3.63) is 53.1 Å². The Kier molecular flexibility index (Phi) is 4.16. The summed E-state index contributed by atoms with van der Waals surface area (Å²) in [7, 11) is -3.56. The number of benzene rings is 1. The lowest BCUT2D eigenvalue weighted by molar-refractivity contribution is 0.524. The highest BCUT2D eigenvalue weighted by Crippen LogP contribution is 2.28. The van der Waals surface area contributed by atoms with Crippen LogP contribution in [0.1, 0.15) is 11.3 Å². The lowest BCUT2D eigenvalue weighted by atomic mass is 10.2. The Morgan fingerprint density at radius 2 is 2.04 bits per heavy atom. The van der Waals surface area contributed by atoms with Crippen LogP contribution in [0.4, 0.5) is 5.13 Å². The van der Waals surface area contributed by atoms with E-state index in [4.69, 9.17) is 15.9 Å². The minimum absolute atomic E-state index is 0.0637. The van der Waals surface area contributed by atoms with Crippen LogP contribution in [0.5, 0.6) is 0 Å². The Morgan fingerprint density at radius 1 is 1.22 bits per heavy atom. The summed E-state index contributed by atoms with van der Waals surface area (Å²) in [5, 5.41) is 2.21. The van der Waals surface area contributed by atoms with E-state index in [0.29, 0.717) is 33.7 Å². The minimum atomic E-state index is -3.56. The standard InChI is InChI=1S/C16H14N6O3S2/c17-15(18)21-16-20-11(8-26-16)12-6-5-9(25-12)7-19-14-10-3-1-2-4-13(10)27(23,24)22-14/h1-6,8H,7H2,(H,19,22)(H4,17,18,20,21). The first-order valence-electron chi connectivity index (χ1n) is 7.73. The Labute approximate surface area is 158 Å². The van der Waals surface area contributed by atoms with Gasteiger partial charge in [-0.2, -0.15) is 4.99 Å². The minimum Gasteiger partial charge on any atom is -0.457 e. The molecule has 0 unspecified atom stereocenters. The predicted molar refractivity (Wildman–Crippen MR) is 102 cm³/mol. The number of amidine groups is 1.